The lowest BCUT2D eigenvalue weighted by Gasteiger charge is -2.14. The standard InChI is InChI=1S/C7H13NO/c1-4-6(2)7(5-9)8-3/h3,5-8H,4H2,1-2H3/t6-,7-/m1/s1. The Labute approximate surface area is 56.6 Å². The molecule has 0 heterocycles. The molecule has 0 unspecified atom stereocenters. The summed E-state index contributed by atoms with van der Waals surface area (Å²) in [5.41, 5.74) is 0. The van der Waals surface area contributed by atoms with E-state index in [9.17, 15) is 4.79 Å². The largest absolute Gasteiger partial charge is 0.302 e. The van der Waals surface area contributed by atoms with Gasteiger partial charge in [0.2, 0.25) is 0 Å². The molecule has 1 N–H and O–H groups in total. The van der Waals surface area contributed by atoms with Gasteiger partial charge in [-0.15, -0.1) is 0 Å². The fourth-order valence-corrected chi connectivity index (χ4v) is 0.592. The van der Waals surface area contributed by atoms with E-state index in [1.54, 1.807) is 0 Å². The first-order chi connectivity index (χ1) is 4.26. The first-order valence-corrected chi connectivity index (χ1v) is 3.17. The van der Waals surface area contributed by atoms with Crippen LogP contribution in [0.25, 0.3) is 0 Å². The van der Waals surface area contributed by atoms with Crippen LogP contribution >= 0.6 is 0 Å². The van der Waals surface area contributed by atoms with Gasteiger partial charge >= 0.3 is 0 Å². The Bertz CT molecular complexity index is 83.0. The molecular formula is C7H13NO. The minimum absolute atomic E-state index is 0.185. The van der Waals surface area contributed by atoms with Crippen LogP contribution in [0.15, 0.2) is 0 Å². The fourth-order valence-electron chi connectivity index (χ4n) is 0.592. The molecule has 0 aliphatic rings. The third kappa shape index (κ3) is 2.61. The second-order valence-corrected chi connectivity index (χ2v) is 2.21. The predicted octanol–water partition coefficient (Wildman–Crippen LogP) is 0.858. The molecule has 2 heteroatoms. The van der Waals surface area contributed by atoms with E-state index in [1.165, 1.54) is 0 Å². The lowest BCUT2D eigenvalue weighted by molar-refractivity contribution is -0.110. The van der Waals surface area contributed by atoms with Gasteiger partial charge < -0.3 is 10.1 Å². The Morgan fingerprint density at radius 3 is 2.44 bits per heavy atom. The van der Waals surface area contributed by atoms with E-state index in [1.807, 2.05) is 13.8 Å². The van der Waals surface area contributed by atoms with Gasteiger partial charge in [0.25, 0.3) is 0 Å². The lowest BCUT2D eigenvalue weighted by atomic mass is 10.0. The van der Waals surface area contributed by atoms with Gasteiger partial charge in [-0.05, 0) is 5.92 Å². The molecule has 0 spiro atoms. The second-order valence-electron chi connectivity index (χ2n) is 2.21. The normalized spacial score (nSPS) is 16.8. The van der Waals surface area contributed by atoms with Crippen LogP contribution in [0.4, 0.5) is 0 Å². The average molecular weight is 127 g/mol. The maximum Gasteiger partial charge on any atom is 0.137 e. The minimum Gasteiger partial charge on any atom is -0.302 e. The molecule has 0 rings (SSSR count). The maximum atomic E-state index is 10.2. The Hall–Kier alpha value is -0.370. The minimum atomic E-state index is -0.185. The molecule has 0 aromatic rings. The molecule has 0 bridgehead atoms. The predicted molar refractivity (Wildman–Crippen MR) is 36.7 cm³/mol. The topological polar surface area (TPSA) is 29.1 Å². The molecule has 2 atom stereocenters. The van der Waals surface area contributed by atoms with Crippen LogP contribution in [-0.2, 0) is 4.79 Å². The first-order valence-electron chi connectivity index (χ1n) is 3.17. The molecule has 0 aliphatic heterocycles. The maximum absolute atomic E-state index is 10.2. The van der Waals surface area contributed by atoms with Crippen molar-refractivity contribution in [2.24, 2.45) is 5.92 Å². The molecule has 52 valence electrons. The Kier molecular flexibility index (Phi) is 4.32. The van der Waals surface area contributed by atoms with Crippen molar-refractivity contribution in [2.45, 2.75) is 26.3 Å². The molecule has 2 nitrogen and oxygen atoms in total. The summed E-state index contributed by atoms with van der Waals surface area (Å²) < 4.78 is 0. The monoisotopic (exact) mass is 127 g/mol. The summed E-state index contributed by atoms with van der Waals surface area (Å²) in [5.74, 6) is 0.326. The van der Waals surface area contributed by atoms with Crippen molar-refractivity contribution in [1.29, 1.82) is 0 Å². The first kappa shape index (κ1) is 8.63. The zero-order valence-corrected chi connectivity index (χ0v) is 5.92. The van der Waals surface area contributed by atoms with Gasteiger partial charge in [-0.1, -0.05) is 20.3 Å². The molecule has 0 saturated heterocycles. The number of hydrogen-bond donors (Lipinski definition) is 1. The quantitative estimate of drug-likeness (QED) is 0.448. The van der Waals surface area contributed by atoms with Crippen molar-refractivity contribution in [3.63, 3.8) is 0 Å². The number of hydrogen-bond acceptors (Lipinski definition) is 2. The SMILES string of the molecule is [CH]N[C@H](C=O)[C@H](C)CC. The highest BCUT2D eigenvalue weighted by Gasteiger charge is 2.10. The smallest absolute Gasteiger partial charge is 0.137 e. The molecule has 0 aromatic heterocycles. The highest BCUT2D eigenvalue weighted by molar-refractivity contribution is 5.57. The van der Waals surface area contributed by atoms with Crippen LogP contribution in [0.1, 0.15) is 20.3 Å². The molecule has 2 radical (unpaired) electrons. The lowest BCUT2D eigenvalue weighted by Crippen LogP contribution is -2.31. The summed E-state index contributed by atoms with van der Waals surface area (Å²) in [6, 6.07) is -0.185. The number of carbonyl (C=O) groups excluding carboxylic acids is 1. The molecule has 0 aliphatic carbocycles. The van der Waals surface area contributed by atoms with E-state index >= 15 is 0 Å². The molecule has 0 aromatic carbocycles. The Morgan fingerprint density at radius 2 is 2.33 bits per heavy atom. The van der Waals surface area contributed by atoms with E-state index in [2.05, 4.69) is 5.32 Å². The van der Waals surface area contributed by atoms with Crippen LogP contribution in [0.2, 0.25) is 0 Å². The molecule has 0 amide bonds. The van der Waals surface area contributed by atoms with Crippen LogP contribution in [-0.4, -0.2) is 12.3 Å². The number of nitrogens with one attached hydrogen (secondary N) is 1. The van der Waals surface area contributed by atoms with Crippen LogP contribution in [0, 0.1) is 13.0 Å². The van der Waals surface area contributed by atoms with Gasteiger partial charge in [-0.25, -0.2) is 0 Å². The van der Waals surface area contributed by atoms with Crippen molar-refractivity contribution < 1.29 is 4.79 Å². The Morgan fingerprint density at radius 1 is 1.78 bits per heavy atom. The summed E-state index contributed by atoms with van der Waals surface area (Å²) in [5, 5.41) is 2.43. The van der Waals surface area contributed by atoms with Crippen LogP contribution in [0.3, 0.4) is 0 Å². The van der Waals surface area contributed by atoms with Crippen LogP contribution in [0.5, 0.6) is 0 Å². The van der Waals surface area contributed by atoms with Crippen molar-refractivity contribution in [3.8, 4) is 0 Å². The Balaban J connectivity index is 3.63. The molecule has 0 fully saturated rings. The molecule has 9 heavy (non-hydrogen) atoms. The molecule has 0 saturated carbocycles. The van der Waals surface area contributed by atoms with E-state index < -0.39 is 0 Å². The average Bonchev–Trinajstić information content (AvgIpc) is 1.90. The van der Waals surface area contributed by atoms with Crippen molar-refractivity contribution in [3.05, 3.63) is 7.05 Å². The van der Waals surface area contributed by atoms with Gasteiger partial charge in [0.1, 0.15) is 6.29 Å². The number of rotatable bonds is 4. The van der Waals surface area contributed by atoms with Crippen molar-refractivity contribution in [2.75, 3.05) is 0 Å². The van der Waals surface area contributed by atoms with E-state index in [-0.39, 0.29) is 6.04 Å². The van der Waals surface area contributed by atoms with Crippen LogP contribution < -0.4 is 5.32 Å². The summed E-state index contributed by atoms with van der Waals surface area (Å²) in [4.78, 5) is 10.2. The fraction of sp³-hybridized carbons (Fsp3) is 0.714. The summed E-state index contributed by atoms with van der Waals surface area (Å²) in [6.07, 6.45) is 1.81. The zero-order valence-electron chi connectivity index (χ0n) is 5.92. The summed E-state index contributed by atoms with van der Waals surface area (Å²) >= 11 is 0. The van der Waals surface area contributed by atoms with E-state index in [0.717, 1.165) is 12.7 Å². The van der Waals surface area contributed by atoms with Crippen molar-refractivity contribution in [1.82, 2.24) is 5.32 Å². The summed E-state index contributed by atoms with van der Waals surface area (Å²) in [7, 11) is 5.08. The highest BCUT2D eigenvalue weighted by atomic mass is 16.1. The van der Waals surface area contributed by atoms with Gasteiger partial charge in [0, 0.05) is 7.05 Å². The van der Waals surface area contributed by atoms with Gasteiger partial charge in [-0.3, -0.25) is 0 Å². The van der Waals surface area contributed by atoms with Gasteiger partial charge in [-0.2, -0.15) is 0 Å². The third-order valence-corrected chi connectivity index (χ3v) is 1.60. The van der Waals surface area contributed by atoms with E-state index in [4.69, 9.17) is 7.05 Å². The zero-order chi connectivity index (χ0) is 7.28. The number of aldehydes is 1. The van der Waals surface area contributed by atoms with Crippen molar-refractivity contribution >= 4 is 6.29 Å². The highest BCUT2D eigenvalue weighted by Crippen LogP contribution is 2.04. The van der Waals surface area contributed by atoms with Gasteiger partial charge in [0.15, 0.2) is 0 Å². The molecular weight excluding hydrogens is 114 g/mol. The van der Waals surface area contributed by atoms with Gasteiger partial charge in [0.05, 0.1) is 6.04 Å². The summed E-state index contributed by atoms with van der Waals surface area (Å²) in [6.45, 7) is 4.01. The van der Waals surface area contributed by atoms with E-state index in [0.29, 0.717) is 5.92 Å². The number of carbonyl (C=O) groups is 1. The third-order valence-electron chi connectivity index (χ3n) is 1.60. The second kappa shape index (κ2) is 4.50.